The fourth-order valence-electron chi connectivity index (χ4n) is 1.34. The van der Waals surface area contributed by atoms with Gasteiger partial charge in [-0.2, -0.15) is 16.4 Å². The molecule has 1 atom stereocenters. The second kappa shape index (κ2) is 5.61. The van der Waals surface area contributed by atoms with Crippen LogP contribution in [0.3, 0.4) is 0 Å². The van der Waals surface area contributed by atoms with Crippen LogP contribution < -0.4 is 5.43 Å². The third-order valence-corrected chi connectivity index (χ3v) is 3.05. The number of nitrogens with one attached hydrogen (secondary N) is 1. The largest absolute Gasteiger partial charge is 0.383 e. The lowest BCUT2D eigenvalue weighted by Crippen LogP contribution is -1.99. The summed E-state index contributed by atoms with van der Waals surface area (Å²) in [6.07, 6.45) is 0.834. The number of anilines is 1. The van der Waals surface area contributed by atoms with Gasteiger partial charge in [0.2, 0.25) is 0 Å². The Labute approximate surface area is 104 Å². The third kappa shape index (κ3) is 3.41. The molecule has 0 spiro atoms. The van der Waals surface area contributed by atoms with Gasteiger partial charge in [0, 0.05) is 0 Å². The third-order valence-electron chi connectivity index (χ3n) is 2.35. The number of rotatable bonds is 4. The number of hydrogen-bond acceptors (Lipinski definition) is 4. The van der Waals surface area contributed by atoms with E-state index in [1.165, 1.54) is 11.8 Å². The molecule has 1 unspecified atom stereocenters. The summed E-state index contributed by atoms with van der Waals surface area (Å²) in [4.78, 5) is 0. The first kappa shape index (κ1) is 11.8. The van der Waals surface area contributed by atoms with Crippen LogP contribution in [0, 0.1) is 6.92 Å². The van der Waals surface area contributed by atoms with Gasteiger partial charge in [-0.1, -0.05) is 17.7 Å². The summed E-state index contributed by atoms with van der Waals surface area (Å²) in [5, 5.41) is 17.6. The summed E-state index contributed by atoms with van der Waals surface area (Å²) < 4.78 is 0. The Hall–Kier alpha value is -1.65. The summed E-state index contributed by atoms with van der Waals surface area (Å²) in [7, 11) is 0. The first-order valence-corrected chi connectivity index (χ1v) is 6.26. The highest BCUT2D eigenvalue weighted by atomic mass is 32.1. The molecule has 4 heteroatoms. The molecule has 0 saturated heterocycles. The van der Waals surface area contributed by atoms with Gasteiger partial charge < -0.3 is 5.11 Å². The van der Waals surface area contributed by atoms with Crippen molar-refractivity contribution in [3.63, 3.8) is 0 Å². The maximum atomic E-state index is 9.75. The molecule has 2 N–H and O–H groups in total. The fraction of sp³-hybridized carbons (Fsp3) is 0.154. The van der Waals surface area contributed by atoms with Crippen LogP contribution >= 0.6 is 11.3 Å². The molecule has 17 heavy (non-hydrogen) atoms. The number of hydrazone groups is 1. The fourth-order valence-corrected chi connectivity index (χ4v) is 2.03. The summed E-state index contributed by atoms with van der Waals surface area (Å²) in [5.74, 6) is 0. The van der Waals surface area contributed by atoms with Gasteiger partial charge in [0.15, 0.2) is 0 Å². The van der Waals surface area contributed by atoms with Crippen molar-refractivity contribution < 1.29 is 5.11 Å². The highest BCUT2D eigenvalue weighted by molar-refractivity contribution is 7.08. The molecule has 1 aromatic carbocycles. The molecule has 0 amide bonds. The topological polar surface area (TPSA) is 44.6 Å². The number of aryl methyl sites for hydroxylation is 1. The van der Waals surface area contributed by atoms with Gasteiger partial charge in [0.25, 0.3) is 0 Å². The van der Waals surface area contributed by atoms with Crippen LogP contribution in [0.1, 0.15) is 17.2 Å². The van der Waals surface area contributed by atoms with E-state index in [1.807, 2.05) is 48.0 Å². The molecule has 2 aromatic rings. The van der Waals surface area contributed by atoms with Crippen LogP contribution in [0.5, 0.6) is 0 Å². The Kier molecular flexibility index (Phi) is 3.90. The Morgan fingerprint density at radius 1 is 1.29 bits per heavy atom. The average Bonchev–Trinajstić information content (AvgIpc) is 2.85. The molecule has 0 saturated carbocycles. The molecule has 1 heterocycles. The van der Waals surface area contributed by atoms with E-state index in [0.717, 1.165) is 11.3 Å². The molecule has 0 aliphatic heterocycles. The Morgan fingerprint density at radius 3 is 2.71 bits per heavy atom. The summed E-state index contributed by atoms with van der Waals surface area (Å²) >= 11 is 1.56. The summed E-state index contributed by atoms with van der Waals surface area (Å²) in [5.41, 5.74) is 5.86. The molecule has 2 rings (SSSR count). The zero-order valence-electron chi connectivity index (χ0n) is 9.50. The van der Waals surface area contributed by atoms with Crippen molar-refractivity contribution in [1.82, 2.24) is 0 Å². The van der Waals surface area contributed by atoms with E-state index in [2.05, 4.69) is 10.5 Å². The normalized spacial score (nSPS) is 12.8. The van der Waals surface area contributed by atoms with Gasteiger partial charge in [-0.3, -0.25) is 5.43 Å². The van der Waals surface area contributed by atoms with Crippen LogP contribution in [-0.4, -0.2) is 11.3 Å². The van der Waals surface area contributed by atoms with Gasteiger partial charge in [-0.25, -0.2) is 0 Å². The quantitative estimate of drug-likeness (QED) is 0.643. The lowest BCUT2D eigenvalue weighted by atomic mass is 10.2. The lowest BCUT2D eigenvalue weighted by Gasteiger charge is -2.03. The number of thiophene rings is 1. The number of aliphatic hydroxyl groups is 1. The maximum Gasteiger partial charge on any atom is 0.117 e. The number of benzene rings is 1. The van der Waals surface area contributed by atoms with E-state index in [-0.39, 0.29) is 0 Å². The number of aliphatic hydroxyl groups excluding tert-OH is 1. The zero-order valence-corrected chi connectivity index (χ0v) is 10.3. The van der Waals surface area contributed by atoms with Gasteiger partial charge >= 0.3 is 0 Å². The Morgan fingerprint density at radius 2 is 2.06 bits per heavy atom. The molecule has 0 aliphatic carbocycles. The van der Waals surface area contributed by atoms with Crippen molar-refractivity contribution in [2.75, 3.05) is 5.43 Å². The van der Waals surface area contributed by atoms with Crippen molar-refractivity contribution in [2.45, 2.75) is 13.0 Å². The van der Waals surface area contributed by atoms with Crippen molar-refractivity contribution in [2.24, 2.45) is 5.10 Å². The predicted octanol–water partition coefficient (Wildman–Crippen LogP) is 3.19. The van der Waals surface area contributed by atoms with Crippen LogP contribution in [0.2, 0.25) is 0 Å². The monoisotopic (exact) mass is 246 g/mol. The van der Waals surface area contributed by atoms with Gasteiger partial charge in [-0.05, 0) is 41.4 Å². The van der Waals surface area contributed by atoms with E-state index in [0.29, 0.717) is 0 Å². The number of hydrogen-bond donors (Lipinski definition) is 2. The molecule has 88 valence electrons. The molecule has 3 nitrogen and oxygen atoms in total. The van der Waals surface area contributed by atoms with E-state index in [9.17, 15) is 5.11 Å². The molecule has 1 aromatic heterocycles. The first-order valence-electron chi connectivity index (χ1n) is 5.32. The van der Waals surface area contributed by atoms with Gasteiger partial charge in [0.1, 0.15) is 6.10 Å². The predicted molar refractivity (Wildman–Crippen MR) is 72.6 cm³/mol. The highest BCUT2D eigenvalue weighted by Gasteiger charge is 2.03. The molecule has 0 fully saturated rings. The molecule has 0 aliphatic rings. The van der Waals surface area contributed by atoms with Gasteiger partial charge in [-0.15, -0.1) is 0 Å². The van der Waals surface area contributed by atoms with Crippen molar-refractivity contribution in [3.8, 4) is 0 Å². The molecular weight excluding hydrogens is 232 g/mol. The average molecular weight is 246 g/mol. The minimum absolute atomic E-state index is 0.654. The van der Waals surface area contributed by atoms with Gasteiger partial charge in [0.05, 0.1) is 11.9 Å². The van der Waals surface area contributed by atoms with Crippen LogP contribution in [0.15, 0.2) is 46.2 Å². The standard InChI is InChI=1S/C13H14N2OS/c1-10-2-4-12(5-3-10)15-14-8-13(16)11-6-7-17-9-11/h2-9,13,15-16H,1H3/b14-8+. The van der Waals surface area contributed by atoms with Crippen LogP contribution in [0.4, 0.5) is 5.69 Å². The highest BCUT2D eigenvalue weighted by Crippen LogP contribution is 2.14. The van der Waals surface area contributed by atoms with E-state index in [4.69, 9.17) is 0 Å². The Bertz CT molecular complexity index is 477. The summed E-state index contributed by atoms with van der Waals surface area (Å²) in [6, 6.07) is 9.79. The van der Waals surface area contributed by atoms with E-state index in [1.54, 1.807) is 11.3 Å². The molecule has 0 bridgehead atoms. The van der Waals surface area contributed by atoms with E-state index >= 15 is 0 Å². The van der Waals surface area contributed by atoms with Crippen molar-refractivity contribution in [1.29, 1.82) is 0 Å². The SMILES string of the molecule is Cc1ccc(N/N=C/C(O)c2ccsc2)cc1. The number of nitrogens with zero attached hydrogens (tertiary/aromatic N) is 1. The second-order valence-electron chi connectivity index (χ2n) is 3.76. The van der Waals surface area contributed by atoms with Crippen LogP contribution in [0.25, 0.3) is 0 Å². The van der Waals surface area contributed by atoms with Crippen molar-refractivity contribution in [3.05, 3.63) is 52.2 Å². The zero-order chi connectivity index (χ0) is 12.1. The second-order valence-corrected chi connectivity index (χ2v) is 4.54. The van der Waals surface area contributed by atoms with Crippen molar-refractivity contribution >= 4 is 23.2 Å². The lowest BCUT2D eigenvalue weighted by molar-refractivity contribution is 0.253. The smallest absolute Gasteiger partial charge is 0.117 e. The van der Waals surface area contributed by atoms with E-state index < -0.39 is 6.10 Å². The first-order chi connectivity index (χ1) is 8.25. The minimum atomic E-state index is -0.654. The Balaban J connectivity index is 1.91. The van der Waals surface area contributed by atoms with Crippen LogP contribution in [-0.2, 0) is 0 Å². The summed E-state index contributed by atoms with van der Waals surface area (Å²) in [6.45, 7) is 2.04. The molecule has 0 radical (unpaired) electrons. The molecular formula is C13H14N2OS. The maximum absolute atomic E-state index is 9.75. The minimum Gasteiger partial charge on any atom is -0.383 e.